The van der Waals surface area contributed by atoms with Crippen LogP contribution in [0.15, 0.2) is 255 Å². The zero-order chi connectivity index (χ0) is 44.3. The summed E-state index contributed by atoms with van der Waals surface area (Å²) >= 11 is 1.86. The first-order chi connectivity index (χ1) is 33.3. The number of aromatic nitrogens is 1. The first-order valence-corrected chi connectivity index (χ1v) is 23.7. The topological polar surface area (TPSA) is 8.17 Å². The Balaban J connectivity index is 1.04. The minimum atomic E-state index is 1.08. The second kappa shape index (κ2) is 16.2. The summed E-state index contributed by atoms with van der Waals surface area (Å²) in [5.74, 6) is 0. The molecular weight excluding hydrogens is 829 g/mol. The van der Waals surface area contributed by atoms with Crippen molar-refractivity contribution >= 4 is 81.1 Å². The fourth-order valence-electron chi connectivity index (χ4n) is 10.4. The average Bonchev–Trinajstić information content (AvgIpc) is 3.95. The molecule has 314 valence electrons. The number of benzene rings is 11. The van der Waals surface area contributed by atoms with Crippen molar-refractivity contribution in [3.8, 4) is 50.2 Å². The van der Waals surface area contributed by atoms with Crippen molar-refractivity contribution in [2.45, 2.75) is 0 Å². The zero-order valence-corrected chi connectivity index (χ0v) is 37.4. The fourth-order valence-corrected chi connectivity index (χ4v) is 11.6. The van der Waals surface area contributed by atoms with E-state index in [2.05, 4.69) is 264 Å². The van der Waals surface area contributed by atoms with Crippen LogP contribution in [0.5, 0.6) is 0 Å². The van der Waals surface area contributed by atoms with Crippen molar-refractivity contribution < 1.29 is 0 Å². The van der Waals surface area contributed by atoms with Gasteiger partial charge in [-0.2, -0.15) is 0 Å². The van der Waals surface area contributed by atoms with Gasteiger partial charge in [-0.05, 0) is 105 Å². The normalized spacial score (nSPS) is 11.6. The Morgan fingerprint density at radius 1 is 0.313 bits per heavy atom. The molecule has 0 fully saturated rings. The second-order valence-electron chi connectivity index (χ2n) is 17.2. The van der Waals surface area contributed by atoms with Crippen molar-refractivity contribution in [2.24, 2.45) is 0 Å². The summed E-state index contributed by atoms with van der Waals surface area (Å²) < 4.78 is 5.03. The molecule has 2 aromatic heterocycles. The van der Waals surface area contributed by atoms with Crippen LogP contribution in [-0.2, 0) is 0 Å². The van der Waals surface area contributed by atoms with Gasteiger partial charge in [0.1, 0.15) is 0 Å². The van der Waals surface area contributed by atoms with Gasteiger partial charge in [0.2, 0.25) is 0 Å². The maximum Gasteiger partial charge on any atom is 0.0547 e. The number of hydrogen-bond acceptors (Lipinski definition) is 2. The van der Waals surface area contributed by atoms with Crippen LogP contribution in [0.1, 0.15) is 0 Å². The van der Waals surface area contributed by atoms with E-state index in [1.165, 1.54) is 80.6 Å². The van der Waals surface area contributed by atoms with Crippen LogP contribution >= 0.6 is 11.3 Å². The Labute approximate surface area is 393 Å². The Morgan fingerprint density at radius 3 is 1.64 bits per heavy atom. The summed E-state index contributed by atoms with van der Waals surface area (Å²) in [6.45, 7) is 0. The molecule has 67 heavy (non-hydrogen) atoms. The van der Waals surface area contributed by atoms with E-state index in [-0.39, 0.29) is 0 Å². The highest BCUT2D eigenvalue weighted by molar-refractivity contribution is 7.25. The van der Waals surface area contributed by atoms with Gasteiger partial charge in [0, 0.05) is 53.4 Å². The average molecular weight is 871 g/mol. The summed E-state index contributed by atoms with van der Waals surface area (Å²) in [5, 5.41) is 7.55. The lowest BCUT2D eigenvalue weighted by molar-refractivity contribution is 1.18. The molecule has 0 radical (unpaired) electrons. The lowest BCUT2D eigenvalue weighted by Gasteiger charge is -2.30. The number of para-hydroxylation sites is 4. The van der Waals surface area contributed by atoms with Gasteiger partial charge in [-0.25, -0.2) is 0 Å². The number of rotatable bonds is 8. The van der Waals surface area contributed by atoms with Crippen LogP contribution in [-0.4, -0.2) is 4.57 Å². The Bertz CT molecular complexity index is 3970. The molecule has 0 spiro atoms. The molecule has 0 saturated heterocycles. The van der Waals surface area contributed by atoms with Crippen molar-refractivity contribution in [3.05, 3.63) is 255 Å². The Hall–Kier alpha value is -8.50. The van der Waals surface area contributed by atoms with Gasteiger partial charge >= 0.3 is 0 Å². The highest BCUT2D eigenvalue weighted by Crippen LogP contribution is 2.48. The largest absolute Gasteiger partial charge is 0.309 e. The molecule has 0 atom stereocenters. The number of thiophene rings is 1. The van der Waals surface area contributed by atoms with E-state index in [1.807, 2.05) is 11.3 Å². The van der Waals surface area contributed by atoms with Crippen LogP contribution in [0.2, 0.25) is 0 Å². The molecule has 13 aromatic rings. The third kappa shape index (κ3) is 6.55. The molecule has 0 aliphatic carbocycles. The van der Waals surface area contributed by atoms with Crippen LogP contribution in [0.3, 0.4) is 0 Å². The monoisotopic (exact) mass is 870 g/mol. The van der Waals surface area contributed by atoms with Crippen LogP contribution in [0.25, 0.3) is 103 Å². The number of fused-ring (bicyclic) bond motifs is 7. The van der Waals surface area contributed by atoms with Crippen LogP contribution < -0.4 is 4.90 Å². The smallest absolute Gasteiger partial charge is 0.0547 e. The molecular formula is C64H42N2S. The highest BCUT2D eigenvalue weighted by Gasteiger charge is 2.23. The molecule has 0 aliphatic heterocycles. The summed E-state index contributed by atoms with van der Waals surface area (Å²) in [6.07, 6.45) is 0. The van der Waals surface area contributed by atoms with Gasteiger partial charge in [-0.3, -0.25) is 0 Å². The summed E-state index contributed by atoms with van der Waals surface area (Å²) in [5.41, 5.74) is 16.3. The Kier molecular flexibility index (Phi) is 9.40. The molecule has 0 saturated carbocycles. The molecule has 3 heteroatoms. The third-order valence-electron chi connectivity index (χ3n) is 13.4. The van der Waals surface area contributed by atoms with Gasteiger partial charge in [0.05, 0.1) is 22.4 Å². The summed E-state index contributed by atoms with van der Waals surface area (Å²) in [6, 6.07) is 93.3. The zero-order valence-electron chi connectivity index (χ0n) is 36.6. The van der Waals surface area contributed by atoms with E-state index in [1.54, 1.807) is 0 Å². The molecule has 2 nitrogen and oxygen atoms in total. The predicted octanol–water partition coefficient (Wildman–Crippen LogP) is 18.4. The van der Waals surface area contributed by atoms with Gasteiger partial charge in [-0.15, -0.1) is 11.3 Å². The quantitative estimate of drug-likeness (QED) is 0.148. The molecule has 0 aliphatic rings. The lowest BCUT2D eigenvalue weighted by atomic mass is 9.90. The first kappa shape index (κ1) is 38.9. The molecule has 0 bridgehead atoms. The minimum absolute atomic E-state index is 1.08. The van der Waals surface area contributed by atoms with Gasteiger partial charge in [0.15, 0.2) is 0 Å². The maximum atomic E-state index is 2.48. The predicted molar refractivity (Wildman–Crippen MR) is 288 cm³/mol. The van der Waals surface area contributed by atoms with E-state index in [4.69, 9.17) is 0 Å². The molecule has 13 rings (SSSR count). The maximum absolute atomic E-state index is 2.48. The highest BCUT2D eigenvalue weighted by atomic mass is 32.1. The van der Waals surface area contributed by atoms with Crippen molar-refractivity contribution in [1.29, 1.82) is 0 Å². The number of anilines is 3. The summed E-state index contributed by atoms with van der Waals surface area (Å²) in [7, 11) is 0. The van der Waals surface area contributed by atoms with E-state index in [0.29, 0.717) is 0 Å². The fraction of sp³-hybridized carbons (Fsp3) is 0. The molecule has 0 unspecified atom stereocenters. The van der Waals surface area contributed by atoms with E-state index in [9.17, 15) is 0 Å². The van der Waals surface area contributed by atoms with Gasteiger partial charge in [0.25, 0.3) is 0 Å². The van der Waals surface area contributed by atoms with Crippen LogP contribution in [0, 0.1) is 0 Å². The van der Waals surface area contributed by atoms with Gasteiger partial charge < -0.3 is 9.47 Å². The molecule has 2 heterocycles. The summed E-state index contributed by atoms with van der Waals surface area (Å²) in [4.78, 5) is 2.48. The Morgan fingerprint density at radius 2 is 0.851 bits per heavy atom. The van der Waals surface area contributed by atoms with Crippen molar-refractivity contribution in [1.82, 2.24) is 4.57 Å². The number of nitrogens with zero attached hydrogens (tertiary/aromatic N) is 2. The number of hydrogen-bond donors (Lipinski definition) is 0. The molecule has 0 amide bonds. The van der Waals surface area contributed by atoms with Crippen molar-refractivity contribution in [3.63, 3.8) is 0 Å². The first-order valence-electron chi connectivity index (χ1n) is 22.9. The molecule has 0 N–H and O–H groups in total. The SMILES string of the molecule is c1ccc(-c2cccc3cccc(-c4ccccc4N(c4ccc(-c5cccc6sc7ccccc7c56)cc4)c4ccccc4-c4ccc5c6ccccc6n(-c6ccccc6)c5c4)c23)cc1. The van der Waals surface area contributed by atoms with Crippen molar-refractivity contribution in [2.75, 3.05) is 4.90 Å². The third-order valence-corrected chi connectivity index (χ3v) is 14.5. The lowest BCUT2D eigenvalue weighted by Crippen LogP contribution is -2.12. The van der Waals surface area contributed by atoms with E-state index < -0.39 is 0 Å². The van der Waals surface area contributed by atoms with Gasteiger partial charge in [-0.1, -0.05) is 194 Å². The second-order valence-corrected chi connectivity index (χ2v) is 18.3. The van der Waals surface area contributed by atoms with E-state index >= 15 is 0 Å². The van der Waals surface area contributed by atoms with Crippen LogP contribution in [0.4, 0.5) is 17.1 Å². The minimum Gasteiger partial charge on any atom is -0.309 e. The molecule has 11 aromatic carbocycles. The van der Waals surface area contributed by atoms with E-state index in [0.717, 1.165) is 39.4 Å². The standard InChI is InChI=1S/C64H42N2S/c1-3-18-43(19-4-1)50-28-15-20-45-21-16-30-55(63(45)50)53-26-9-13-33-59(53)65(48-39-36-44(37-40-48)51-29-17-35-62-64(51)56-27-10-14-34-61(56)67-62)57-31-11-7-24-49(57)46-38-41-54-52-25-8-12-32-58(52)66(60(54)42-46)47-22-5-2-6-23-47/h1-42H.